The number of rotatable bonds is 6. The van der Waals surface area contributed by atoms with Gasteiger partial charge in [-0.05, 0) is 38.5 Å². The van der Waals surface area contributed by atoms with Crippen molar-refractivity contribution in [2.24, 2.45) is 0 Å². The minimum absolute atomic E-state index is 0.341. The highest BCUT2D eigenvalue weighted by molar-refractivity contribution is 7.15. The van der Waals surface area contributed by atoms with Crippen molar-refractivity contribution in [1.82, 2.24) is 9.88 Å². The third-order valence-corrected chi connectivity index (χ3v) is 6.28. The second kappa shape index (κ2) is 8.32. The summed E-state index contributed by atoms with van der Waals surface area (Å²) in [4.78, 5) is 22.2. The van der Waals surface area contributed by atoms with Crippen molar-refractivity contribution in [3.63, 3.8) is 0 Å². The van der Waals surface area contributed by atoms with E-state index in [4.69, 9.17) is 9.15 Å². The number of piperazine rings is 1. The molecule has 0 amide bonds. The maximum absolute atomic E-state index is 11.3. The summed E-state index contributed by atoms with van der Waals surface area (Å²) in [5.41, 5.74) is 1.37. The van der Waals surface area contributed by atoms with Gasteiger partial charge in [-0.1, -0.05) is 0 Å². The van der Waals surface area contributed by atoms with Crippen LogP contribution in [0, 0.1) is 13.8 Å². The zero-order valence-electron chi connectivity index (χ0n) is 16.3. The monoisotopic (exact) mass is 399 g/mol. The first-order valence-electron chi connectivity index (χ1n) is 9.66. The lowest BCUT2D eigenvalue weighted by Gasteiger charge is -2.34. The largest absolute Gasteiger partial charge is 0.493 e. The van der Waals surface area contributed by atoms with E-state index >= 15 is 0 Å². The van der Waals surface area contributed by atoms with E-state index in [0.717, 1.165) is 61.1 Å². The molecule has 6 nitrogen and oxygen atoms in total. The third kappa shape index (κ3) is 4.36. The molecule has 1 aromatic carbocycles. The Labute approximate surface area is 168 Å². The Kier molecular flexibility index (Phi) is 5.64. The fourth-order valence-corrected chi connectivity index (χ4v) is 4.32. The van der Waals surface area contributed by atoms with Crippen LogP contribution in [0.1, 0.15) is 17.0 Å². The Morgan fingerprint density at radius 2 is 1.93 bits per heavy atom. The SMILES string of the molecule is Cc1nc(N2CCN(CCCOc3ccc4ccc(=O)oc4c3)CC2)sc1C. The van der Waals surface area contributed by atoms with Crippen LogP contribution in [0.15, 0.2) is 39.5 Å². The molecular weight excluding hydrogens is 374 g/mol. The molecule has 0 bridgehead atoms. The Morgan fingerprint density at radius 1 is 1.14 bits per heavy atom. The molecule has 0 spiro atoms. The summed E-state index contributed by atoms with van der Waals surface area (Å²) in [6.45, 7) is 10.0. The van der Waals surface area contributed by atoms with Crippen molar-refractivity contribution in [2.75, 3.05) is 44.2 Å². The zero-order chi connectivity index (χ0) is 19.5. The van der Waals surface area contributed by atoms with E-state index in [1.807, 2.05) is 12.1 Å². The third-order valence-electron chi connectivity index (χ3n) is 5.14. The molecule has 7 heteroatoms. The number of hydrogen-bond donors (Lipinski definition) is 0. The zero-order valence-corrected chi connectivity index (χ0v) is 17.1. The van der Waals surface area contributed by atoms with Crippen molar-refractivity contribution in [1.29, 1.82) is 0 Å². The number of fused-ring (bicyclic) bond motifs is 1. The van der Waals surface area contributed by atoms with Gasteiger partial charge in [0.1, 0.15) is 11.3 Å². The number of ether oxygens (including phenoxy) is 1. The highest BCUT2D eigenvalue weighted by atomic mass is 32.1. The molecule has 148 valence electrons. The van der Waals surface area contributed by atoms with Crippen LogP contribution in [0.25, 0.3) is 11.0 Å². The Balaban J connectivity index is 1.21. The van der Waals surface area contributed by atoms with Gasteiger partial charge in [0.25, 0.3) is 0 Å². The molecule has 0 saturated carbocycles. The summed E-state index contributed by atoms with van der Waals surface area (Å²) < 4.78 is 11.1. The second-order valence-electron chi connectivity index (χ2n) is 7.12. The van der Waals surface area contributed by atoms with Crippen LogP contribution in [0.4, 0.5) is 5.13 Å². The van der Waals surface area contributed by atoms with Gasteiger partial charge in [-0.15, -0.1) is 11.3 Å². The number of anilines is 1. The van der Waals surface area contributed by atoms with Gasteiger partial charge < -0.3 is 14.1 Å². The van der Waals surface area contributed by atoms with Crippen molar-refractivity contribution in [3.05, 3.63) is 51.3 Å². The smallest absolute Gasteiger partial charge is 0.336 e. The van der Waals surface area contributed by atoms with Crippen LogP contribution < -0.4 is 15.3 Å². The van der Waals surface area contributed by atoms with Crippen molar-refractivity contribution in [2.45, 2.75) is 20.3 Å². The van der Waals surface area contributed by atoms with Gasteiger partial charge in [0.15, 0.2) is 5.13 Å². The summed E-state index contributed by atoms with van der Waals surface area (Å²) in [6, 6.07) is 8.81. The summed E-state index contributed by atoms with van der Waals surface area (Å²) in [6.07, 6.45) is 0.965. The van der Waals surface area contributed by atoms with Gasteiger partial charge in [-0.2, -0.15) is 0 Å². The van der Waals surface area contributed by atoms with E-state index in [-0.39, 0.29) is 5.63 Å². The second-order valence-corrected chi connectivity index (χ2v) is 8.30. The summed E-state index contributed by atoms with van der Waals surface area (Å²) >= 11 is 1.79. The summed E-state index contributed by atoms with van der Waals surface area (Å²) in [5, 5.41) is 2.05. The predicted octanol–water partition coefficient (Wildman–Crippen LogP) is 3.46. The number of hydrogen-bond acceptors (Lipinski definition) is 7. The maximum Gasteiger partial charge on any atom is 0.336 e. The average Bonchev–Trinajstić information content (AvgIpc) is 3.04. The molecule has 0 aliphatic carbocycles. The van der Waals surface area contributed by atoms with E-state index < -0.39 is 0 Å². The summed E-state index contributed by atoms with van der Waals surface area (Å²) in [5.74, 6) is 0.737. The minimum atomic E-state index is -0.341. The van der Waals surface area contributed by atoms with Crippen LogP contribution in [0.5, 0.6) is 5.75 Å². The fraction of sp³-hybridized carbons (Fsp3) is 0.429. The number of aryl methyl sites for hydroxylation is 2. The van der Waals surface area contributed by atoms with Gasteiger partial charge in [0.05, 0.1) is 12.3 Å². The summed E-state index contributed by atoms with van der Waals surface area (Å²) in [7, 11) is 0. The first kappa shape index (κ1) is 19.0. The van der Waals surface area contributed by atoms with E-state index in [2.05, 4.69) is 28.6 Å². The lowest BCUT2D eigenvalue weighted by Crippen LogP contribution is -2.46. The lowest BCUT2D eigenvalue weighted by molar-refractivity contribution is 0.224. The van der Waals surface area contributed by atoms with E-state index in [0.29, 0.717) is 12.2 Å². The number of nitrogens with zero attached hydrogens (tertiary/aromatic N) is 3. The van der Waals surface area contributed by atoms with Crippen LogP contribution in [-0.4, -0.2) is 49.2 Å². The molecule has 1 aliphatic rings. The molecule has 0 atom stereocenters. The van der Waals surface area contributed by atoms with E-state index in [1.54, 1.807) is 23.5 Å². The molecule has 0 N–H and O–H groups in total. The fourth-order valence-electron chi connectivity index (χ4n) is 3.36. The van der Waals surface area contributed by atoms with Gasteiger partial charge in [-0.25, -0.2) is 9.78 Å². The molecular formula is C21H25N3O3S. The quantitative estimate of drug-likeness (QED) is 0.467. The number of benzene rings is 1. The molecule has 3 heterocycles. The van der Waals surface area contributed by atoms with E-state index in [9.17, 15) is 4.79 Å². The molecule has 1 saturated heterocycles. The minimum Gasteiger partial charge on any atom is -0.493 e. The van der Waals surface area contributed by atoms with Crippen LogP contribution in [-0.2, 0) is 0 Å². The van der Waals surface area contributed by atoms with Crippen molar-refractivity contribution >= 4 is 27.4 Å². The van der Waals surface area contributed by atoms with Crippen LogP contribution in [0.3, 0.4) is 0 Å². The highest BCUT2D eigenvalue weighted by Gasteiger charge is 2.19. The maximum atomic E-state index is 11.3. The van der Waals surface area contributed by atoms with Gasteiger partial charge in [0, 0.05) is 55.1 Å². The molecule has 1 fully saturated rings. The van der Waals surface area contributed by atoms with E-state index in [1.165, 1.54) is 10.9 Å². The standard InChI is InChI=1S/C21H25N3O3S/c1-15-16(2)28-21(22-15)24-11-9-23(10-12-24)8-3-13-26-18-6-4-17-5-7-20(25)27-19(17)14-18/h4-7,14H,3,8-13H2,1-2H3. The van der Waals surface area contributed by atoms with Gasteiger partial charge >= 0.3 is 5.63 Å². The average molecular weight is 400 g/mol. The van der Waals surface area contributed by atoms with Crippen LogP contribution >= 0.6 is 11.3 Å². The molecule has 2 aromatic heterocycles. The molecule has 28 heavy (non-hydrogen) atoms. The van der Waals surface area contributed by atoms with Crippen LogP contribution in [0.2, 0.25) is 0 Å². The number of aromatic nitrogens is 1. The van der Waals surface area contributed by atoms with Gasteiger partial charge in [0.2, 0.25) is 0 Å². The predicted molar refractivity (Wildman–Crippen MR) is 113 cm³/mol. The molecule has 4 rings (SSSR count). The number of thiazole rings is 1. The first-order chi connectivity index (χ1) is 13.6. The Bertz CT molecular complexity index is 986. The molecule has 0 unspecified atom stereocenters. The molecule has 1 aliphatic heterocycles. The molecule has 3 aromatic rings. The van der Waals surface area contributed by atoms with Gasteiger partial charge in [-0.3, -0.25) is 4.90 Å². The lowest BCUT2D eigenvalue weighted by atomic mass is 10.2. The highest BCUT2D eigenvalue weighted by Crippen LogP contribution is 2.26. The van der Waals surface area contributed by atoms with Crippen molar-refractivity contribution < 1.29 is 9.15 Å². The normalized spacial score (nSPS) is 15.3. The first-order valence-corrected chi connectivity index (χ1v) is 10.5. The Morgan fingerprint density at radius 3 is 2.68 bits per heavy atom. The van der Waals surface area contributed by atoms with Crippen molar-refractivity contribution in [3.8, 4) is 5.75 Å². The molecule has 0 radical (unpaired) electrons. The topological polar surface area (TPSA) is 58.8 Å². The Hall–Kier alpha value is -2.38.